The van der Waals surface area contributed by atoms with Crippen molar-refractivity contribution in [3.05, 3.63) is 33.0 Å². The number of rotatable bonds is 6. The lowest BCUT2D eigenvalue weighted by molar-refractivity contribution is -0.137. The van der Waals surface area contributed by atoms with Crippen molar-refractivity contribution in [2.45, 2.75) is 31.6 Å². The predicted octanol–water partition coefficient (Wildman–Crippen LogP) is 4.98. The van der Waals surface area contributed by atoms with Crippen LogP contribution in [0.5, 0.6) is 0 Å². The number of unbranched alkanes of at least 4 members (excludes halogenated alkanes) is 1. The summed E-state index contributed by atoms with van der Waals surface area (Å²) < 4.78 is 41.3. The lowest BCUT2D eigenvalue weighted by Gasteiger charge is -2.18. The Labute approximate surface area is 121 Å². The number of hydrogen-bond donors (Lipinski definition) is 1. The minimum absolute atomic E-state index is 0.00149. The molecule has 0 aliphatic carbocycles. The predicted molar refractivity (Wildman–Crippen MR) is 69.1 cm³/mol. The zero-order valence-corrected chi connectivity index (χ0v) is 12.1. The lowest BCUT2D eigenvalue weighted by Crippen LogP contribution is -2.15. The summed E-state index contributed by atoms with van der Waals surface area (Å²) in [4.78, 5) is 10.3. The molecule has 0 saturated carbocycles. The quantitative estimate of drug-likeness (QED) is 0.574. The minimum atomic E-state index is -3.37. The molecule has 0 saturated heterocycles. The van der Waals surface area contributed by atoms with Gasteiger partial charge in [0.25, 0.3) is 5.92 Å². The van der Waals surface area contributed by atoms with Gasteiger partial charge in [-0.25, -0.2) is 13.2 Å². The fourth-order valence-corrected chi connectivity index (χ4v) is 2.04. The molecule has 0 spiro atoms. The van der Waals surface area contributed by atoms with Crippen LogP contribution in [-0.2, 0) is 10.7 Å². The van der Waals surface area contributed by atoms with Gasteiger partial charge in [-0.15, -0.1) is 0 Å². The van der Waals surface area contributed by atoms with Crippen LogP contribution >= 0.6 is 27.5 Å². The molecule has 0 aliphatic heterocycles. The Bertz CT molecular complexity index is 480. The lowest BCUT2D eigenvalue weighted by atomic mass is 10.0. The van der Waals surface area contributed by atoms with Gasteiger partial charge in [-0.1, -0.05) is 11.6 Å². The van der Waals surface area contributed by atoms with E-state index in [-0.39, 0.29) is 28.8 Å². The van der Waals surface area contributed by atoms with Gasteiger partial charge in [0.15, 0.2) is 0 Å². The van der Waals surface area contributed by atoms with Gasteiger partial charge < -0.3 is 5.11 Å². The van der Waals surface area contributed by atoms with Crippen molar-refractivity contribution in [1.29, 1.82) is 0 Å². The largest absolute Gasteiger partial charge is 0.481 e. The Hall–Kier alpha value is -0.750. The maximum atomic E-state index is 13.8. The molecular formula is C12H11BrClF3O2. The Kier molecular flexibility index (Phi) is 5.67. The van der Waals surface area contributed by atoms with Crippen LogP contribution in [-0.4, -0.2) is 11.1 Å². The molecule has 106 valence electrons. The van der Waals surface area contributed by atoms with Crippen LogP contribution in [0.4, 0.5) is 13.2 Å². The number of carboxylic acids is 1. The number of hydrogen-bond acceptors (Lipinski definition) is 1. The number of carboxylic acid groups (broad SMARTS) is 1. The van der Waals surface area contributed by atoms with E-state index < -0.39 is 29.7 Å². The second kappa shape index (κ2) is 6.61. The molecule has 2 nitrogen and oxygen atoms in total. The molecule has 0 amide bonds. The van der Waals surface area contributed by atoms with Crippen molar-refractivity contribution < 1.29 is 23.1 Å². The van der Waals surface area contributed by atoms with Crippen LogP contribution in [0.3, 0.4) is 0 Å². The standard InChI is InChI=1S/C12H11BrClF3O2/c13-8-6-10(15)7(5-9(8)14)12(16,17)4-2-1-3-11(18)19/h5-6H,1-4H2,(H,18,19). The molecule has 0 bridgehead atoms. The summed E-state index contributed by atoms with van der Waals surface area (Å²) in [5, 5.41) is 8.40. The molecule has 19 heavy (non-hydrogen) atoms. The first-order chi connectivity index (χ1) is 8.74. The van der Waals surface area contributed by atoms with E-state index in [0.717, 1.165) is 12.1 Å². The zero-order chi connectivity index (χ0) is 14.6. The van der Waals surface area contributed by atoms with Crippen molar-refractivity contribution in [3.63, 3.8) is 0 Å². The monoisotopic (exact) mass is 358 g/mol. The molecule has 0 atom stereocenters. The Morgan fingerprint density at radius 1 is 1.37 bits per heavy atom. The molecule has 7 heteroatoms. The van der Waals surface area contributed by atoms with E-state index in [1.807, 2.05) is 0 Å². The number of carbonyl (C=O) groups is 1. The van der Waals surface area contributed by atoms with Crippen LogP contribution in [0.2, 0.25) is 5.02 Å². The second-order valence-corrected chi connectivity index (χ2v) is 5.31. The smallest absolute Gasteiger partial charge is 0.303 e. The van der Waals surface area contributed by atoms with Crippen molar-refractivity contribution in [2.24, 2.45) is 0 Å². The fraction of sp³-hybridized carbons (Fsp3) is 0.417. The molecule has 0 fully saturated rings. The second-order valence-electron chi connectivity index (χ2n) is 4.05. The van der Waals surface area contributed by atoms with Gasteiger partial charge in [0.05, 0.1) is 10.6 Å². The van der Waals surface area contributed by atoms with Crippen molar-refractivity contribution in [3.8, 4) is 0 Å². The number of halogens is 5. The highest BCUT2D eigenvalue weighted by Crippen LogP contribution is 2.38. The minimum Gasteiger partial charge on any atom is -0.481 e. The summed E-state index contributed by atoms with van der Waals surface area (Å²) in [5.41, 5.74) is -0.768. The van der Waals surface area contributed by atoms with Gasteiger partial charge in [0.2, 0.25) is 0 Å². The third-order valence-corrected chi connectivity index (χ3v) is 3.73. The molecule has 1 rings (SSSR count). The zero-order valence-electron chi connectivity index (χ0n) is 9.73. The number of benzene rings is 1. The van der Waals surface area contributed by atoms with E-state index in [4.69, 9.17) is 16.7 Å². The van der Waals surface area contributed by atoms with Crippen LogP contribution < -0.4 is 0 Å². The normalized spacial score (nSPS) is 11.6. The first-order valence-electron chi connectivity index (χ1n) is 5.48. The topological polar surface area (TPSA) is 37.3 Å². The van der Waals surface area contributed by atoms with Gasteiger partial charge in [0.1, 0.15) is 5.82 Å². The summed E-state index contributed by atoms with van der Waals surface area (Å²) in [7, 11) is 0. The first-order valence-corrected chi connectivity index (χ1v) is 6.66. The summed E-state index contributed by atoms with van der Waals surface area (Å²) in [5.74, 6) is -5.45. The molecule has 1 aromatic rings. The number of aliphatic carboxylic acids is 1. The van der Waals surface area contributed by atoms with Crippen LogP contribution in [0, 0.1) is 5.82 Å². The fourth-order valence-electron chi connectivity index (χ4n) is 1.56. The molecule has 0 aliphatic rings. The van der Waals surface area contributed by atoms with Gasteiger partial charge in [0, 0.05) is 17.3 Å². The van der Waals surface area contributed by atoms with Crippen molar-refractivity contribution in [1.82, 2.24) is 0 Å². The van der Waals surface area contributed by atoms with Gasteiger partial charge in [-0.2, -0.15) is 0 Å². The van der Waals surface area contributed by atoms with Crippen molar-refractivity contribution >= 4 is 33.5 Å². The molecule has 1 N–H and O–H groups in total. The van der Waals surface area contributed by atoms with Crippen LogP contribution in [0.25, 0.3) is 0 Å². The van der Waals surface area contributed by atoms with Gasteiger partial charge in [-0.05, 0) is 40.9 Å². The highest BCUT2D eigenvalue weighted by atomic mass is 79.9. The summed E-state index contributed by atoms with van der Waals surface area (Å²) in [6, 6.07) is 1.78. The first kappa shape index (κ1) is 16.3. The van der Waals surface area contributed by atoms with Crippen LogP contribution in [0.15, 0.2) is 16.6 Å². The Morgan fingerprint density at radius 3 is 2.58 bits per heavy atom. The third-order valence-electron chi connectivity index (χ3n) is 2.54. The summed E-state index contributed by atoms with van der Waals surface area (Å²) in [6.45, 7) is 0. The molecule has 0 unspecified atom stereocenters. The van der Waals surface area contributed by atoms with E-state index in [0.29, 0.717) is 0 Å². The molecule has 0 aromatic heterocycles. The Balaban J connectivity index is 2.76. The summed E-state index contributed by atoms with van der Waals surface area (Å²) in [6.07, 6.45) is -0.682. The van der Waals surface area contributed by atoms with Gasteiger partial charge in [-0.3, -0.25) is 4.79 Å². The van der Waals surface area contributed by atoms with Crippen LogP contribution in [0.1, 0.15) is 31.2 Å². The summed E-state index contributed by atoms with van der Waals surface area (Å²) >= 11 is 8.61. The highest BCUT2D eigenvalue weighted by Gasteiger charge is 2.34. The van der Waals surface area contributed by atoms with E-state index in [1.54, 1.807) is 0 Å². The van der Waals surface area contributed by atoms with E-state index in [9.17, 15) is 18.0 Å². The third kappa shape index (κ3) is 4.69. The molecule has 0 heterocycles. The Morgan fingerprint density at radius 2 is 2.00 bits per heavy atom. The van der Waals surface area contributed by atoms with E-state index in [1.165, 1.54) is 0 Å². The van der Waals surface area contributed by atoms with Crippen molar-refractivity contribution in [2.75, 3.05) is 0 Å². The molecular weight excluding hydrogens is 348 g/mol. The number of alkyl halides is 2. The van der Waals surface area contributed by atoms with Gasteiger partial charge >= 0.3 is 5.97 Å². The SMILES string of the molecule is O=C(O)CCCCC(F)(F)c1cc(Cl)c(Br)cc1F. The average Bonchev–Trinajstić information content (AvgIpc) is 2.29. The van der Waals surface area contributed by atoms with E-state index >= 15 is 0 Å². The van der Waals surface area contributed by atoms with E-state index in [2.05, 4.69) is 15.9 Å². The maximum Gasteiger partial charge on any atom is 0.303 e. The molecule has 1 aromatic carbocycles. The average molecular weight is 360 g/mol. The molecule has 0 radical (unpaired) electrons. The highest BCUT2D eigenvalue weighted by molar-refractivity contribution is 9.10. The maximum absolute atomic E-state index is 13.8.